The Bertz CT molecular complexity index is 1260. The van der Waals surface area contributed by atoms with Crippen molar-refractivity contribution in [3.63, 3.8) is 0 Å². The number of oxazole rings is 1. The Kier molecular flexibility index (Phi) is 4.63. The number of fused-ring (bicyclic) bond motifs is 1. The molecule has 0 spiro atoms. The Balaban J connectivity index is 1.61. The minimum atomic E-state index is -0.754. The van der Waals surface area contributed by atoms with Crippen LogP contribution < -0.4 is 5.32 Å². The highest BCUT2D eigenvalue weighted by Crippen LogP contribution is 2.28. The zero-order chi connectivity index (χ0) is 19.7. The van der Waals surface area contributed by atoms with Gasteiger partial charge in [-0.05, 0) is 54.6 Å². The molecule has 0 fully saturated rings. The number of amides is 1. The van der Waals surface area contributed by atoms with Gasteiger partial charge >= 0.3 is 0 Å². The van der Waals surface area contributed by atoms with Crippen molar-refractivity contribution in [2.45, 2.75) is 0 Å². The lowest BCUT2D eigenvalue weighted by Crippen LogP contribution is -2.13. The first-order valence-corrected chi connectivity index (χ1v) is 9.00. The minimum Gasteiger partial charge on any atom is -0.436 e. The average Bonchev–Trinajstić information content (AvgIpc) is 3.11. The van der Waals surface area contributed by atoms with Crippen LogP contribution in [-0.4, -0.2) is 10.9 Å². The Hall–Kier alpha value is -3.50. The summed E-state index contributed by atoms with van der Waals surface area (Å²) in [4.78, 5) is 16.8. The van der Waals surface area contributed by atoms with E-state index < -0.39 is 11.7 Å². The predicted molar refractivity (Wildman–Crippen MR) is 106 cm³/mol. The molecular formula is C21H11BrFN3O2. The van der Waals surface area contributed by atoms with Crippen LogP contribution in [0.5, 0.6) is 0 Å². The molecule has 3 aromatic carbocycles. The number of anilines is 1. The van der Waals surface area contributed by atoms with E-state index in [4.69, 9.17) is 9.68 Å². The van der Waals surface area contributed by atoms with Crippen molar-refractivity contribution in [3.05, 3.63) is 82.1 Å². The highest BCUT2D eigenvalue weighted by atomic mass is 79.9. The normalized spacial score (nSPS) is 10.6. The number of hydrogen-bond donors (Lipinski definition) is 1. The molecule has 0 saturated heterocycles. The van der Waals surface area contributed by atoms with Crippen LogP contribution >= 0.6 is 15.9 Å². The number of nitrogens with one attached hydrogen (secondary N) is 1. The predicted octanol–water partition coefficient (Wildman–Crippen LogP) is 5.52. The van der Waals surface area contributed by atoms with Gasteiger partial charge in [0.05, 0.1) is 17.2 Å². The smallest absolute Gasteiger partial charge is 0.258 e. The second kappa shape index (κ2) is 7.25. The van der Waals surface area contributed by atoms with Gasteiger partial charge in [-0.15, -0.1) is 0 Å². The molecule has 0 saturated carbocycles. The molecule has 1 heterocycles. The molecule has 0 aliphatic carbocycles. The maximum Gasteiger partial charge on any atom is 0.258 e. The van der Waals surface area contributed by atoms with Crippen molar-refractivity contribution in [2.24, 2.45) is 0 Å². The van der Waals surface area contributed by atoms with Crippen LogP contribution in [0, 0.1) is 17.1 Å². The summed E-state index contributed by atoms with van der Waals surface area (Å²) in [6.07, 6.45) is 0. The first kappa shape index (κ1) is 17.9. The topological polar surface area (TPSA) is 78.9 Å². The van der Waals surface area contributed by atoms with Crippen molar-refractivity contribution in [1.29, 1.82) is 5.26 Å². The molecule has 7 heteroatoms. The quantitative estimate of drug-likeness (QED) is 0.459. The van der Waals surface area contributed by atoms with Gasteiger partial charge in [-0.25, -0.2) is 9.37 Å². The van der Waals surface area contributed by atoms with E-state index in [1.54, 1.807) is 18.2 Å². The number of carbonyl (C=O) groups is 1. The summed E-state index contributed by atoms with van der Waals surface area (Å²) < 4.78 is 20.7. The minimum absolute atomic E-state index is 0.144. The van der Waals surface area contributed by atoms with Crippen LogP contribution in [0.15, 0.2) is 69.6 Å². The molecule has 0 unspecified atom stereocenters. The number of nitrogens with zero attached hydrogens (tertiary/aromatic N) is 2. The van der Waals surface area contributed by atoms with E-state index in [1.807, 2.05) is 30.3 Å². The van der Waals surface area contributed by atoms with Crippen molar-refractivity contribution >= 4 is 38.6 Å². The molecule has 4 aromatic rings. The zero-order valence-corrected chi connectivity index (χ0v) is 15.8. The maximum atomic E-state index is 14.0. The SMILES string of the molecule is N#Cc1ccc(C(=O)Nc2ccc3oc(-c4cccc(Br)c4)nc3c2)c(F)c1. The van der Waals surface area contributed by atoms with Crippen molar-refractivity contribution in [3.8, 4) is 17.5 Å². The molecule has 1 amide bonds. The standard InChI is InChI=1S/C21H11BrFN3O2/c22-14-3-1-2-13(9-14)21-26-18-10-15(5-7-19(18)28-21)25-20(27)16-6-4-12(11-24)8-17(16)23/h1-10H,(H,25,27). The summed E-state index contributed by atoms with van der Waals surface area (Å²) in [6.45, 7) is 0. The number of hydrogen-bond acceptors (Lipinski definition) is 4. The van der Waals surface area contributed by atoms with Crippen molar-refractivity contribution in [1.82, 2.24) is 4.98 Å². The largest absolute Gasteiger partial charge is 0.436 e. The second-order valence-electron chi connectivity index (χ2n) is 5.97. The van der Waals surface area contributed by atoms with Gasteiger partial charge in [0, 0.05) is 15.7 Å². The van der Waals surface area contributed by atoms with Gasteiger partial charge in [0.15, 0.2) is 5.58 Å². The lowest BCUT2D eigenvalue weighted by Gasteiger charge is -2.06. The van der Waals surface area contributed by atoms with Gasteiger partial charge in [0.2, 0.25) is 5.89 Å². The number of nitriles is 1. The molecule has 28 heavy (non-hydrogen) atoms. The second-order valence-corrected chi connectivity index (χ2v) is 6.89. The van der Waals surface area contributed by atoms with E-state index in [-0.39, 0.29) is 11.1 Å². The number of benzene rings is 3. The van der Waals surface area contributed by atoms with Gasteiger partial charge in [0.1, 0.15) is 11.3 Å². The first-order chi connectivity index (χ1) is 13.5. The highest BCUT2D eigenvalue weighted by molar-refractivity contribution is 9.10. The Labute approximate surface area is 167 Å². The van der Waals surface area contributed by atoms with Crippen LogP contribution in [0.4, 0.5) is 10.1 Å². The van der Waals surface area contributed by atoms with Crippen molar-refractivity contribution in [2.75, 3.05) is 5.32 Å². The van der Waals surface area contributed by atoms with Crippen LogP contribution in [0.2, 0.25) is 0 Å². The molecule has 0 radical (unpaired) electrons. The fourth-order valence-electron chi connectivity index (χ4n) is 2.72. The fourth-order valence-corrected chi connectivity index (χ4v) is 3.12. The number of halogens is 2. The number of aromatic nitrogens is 1. The van der Waals surface area contributed by atoms with Crippen LogP contribution in [-0.2, 0) is 0 Å². The van der Waals surface area contributed by atoms with Gasteiger partial charge < -0.3 is 9.73 Å². The highest BCUT2D eigenvalue weighted by Gasteiger charge is 2.14. The first-order valence-electron chi connectivity index (χ1n) is 8.21. The summed E-state index contributed by atoms with van der Waals surface area (Å²) in [5.74, 6) is -0.911. The van der Waals surface area contributed by atoms with Crippen LogP contribution in [0.3, 0.4) is 0 Å². The van der Waals surface area contributed by atoms with Gasteiger partial charge in [-0.3, -0.25) is 4.79 Å². The summed E-state index contributed by atoms with van der Waals surface area (Å²) in [6, 6.07) is 18.1. The van der Waals surface area contributed by atoms with E-state index >= 15 is 0 Å². The molecule has 5 nitrogen and oxygen atoms in total. The van der Waals surface area contributed by atoms with E-state index in [1.165, 1.54) is 12.1 Å². The molecule has 0 aliphatic rings. The van der Waals surface area contributed by atoms with Crippen molar-refractivity contribution < 1.29 is 13.6 Å². The monoisotopic (exact) mass is 435 g/mol. The van der Waals surface area contributed by atoms with E-state index in [2.05, 4.69) is 26.2 Å². The van der Waals surface area contributed by atoms with Gasteiger partial charge in [-0.1, -0.05) is 22.0 Å². The Morgan fingerprint density at radius 2 is 2.00 bits per heavy atom. The maximum absolute atomic E-state index is 14.0. The lowest BCUT2D eigenvalue weighted by molar-refractivity contribution is 0.102. The molecule has 1 aromatic heterocycles. The van der Waals surface area contributed by atoms with Crippen LogP contribution in [0.1, 0.15) is 15.9 Å². The van der Waals surface area contributed by atoms with E-state index in [0.29, 0.717) is 22.7 Å². The van der Waals surface area contributed by atoms with Gasteiger partial charge in [-0.2, -0.15) is 5.26 Å². The Morgan fingerprint density at radius 3 is 2.75 bits per heavy atom. The number of carbonyl (C=O) groups excluding carboxylic acids is 1. The number of rotatable bonds is 3. The third-order valence-electron chi connectivity index (χ3n) is 4.06. The van der Waals surface area contributed by atoms with E-state index in [0.717, 1.165) is 16.1 Å². The molecule has 136 valence electrons. The molecule has 0 aliphatic heterocycles. The summed E-state index contributed by atoms with van der Waals surface area (Å²) in [7, 11) is 0. The summed E-state index contributed by atoms with van der Waals surface area (Å²) in [5, 5.41) is 11.4. The van der Waals surface area contributed by atoms with E-state index in [9.17, 15) is 9.18 Å². The molecule has 1 N–H and O–H groups in total. The summed E-state index contributed by atoms with van der Waals surface area (Å²) >= 11 is 3.41. The molecule has 4 rings (SSSR count). The Morgan fingerprint density at radius 1 is 1.14 bits per heavy atom. The fraction of sp³-hybridized carbons (Fsp3) is 0. The van der Waals surface area contributed by atoms with Crippen LogP contribution in [0.25, 0.3) is 22.6 Å². The average molecular weight is 436 g/mol. The lowest BCUT2D eigenvalue weighted by atomic mass is 10.1. The molecule has 0 atom stereocenters. The zero-order valence-electron chi connectivity index (χ0n) is 14.2. The molecule has 0 bridgehead atoms. The molecular weight excluding hydrogens is 425 g/mol. The summed E-state index contributed by atoms with van der Waals surface area (Å²) in [5.41, 5.74) is 2.41. The van der Waals surface area contributed by atoms with Gasteiger partial charge in [0.25, 0.3) is 5.91 Å². The third kappa shape index (κ3) is 3.50. The third-order valence-corrected chi connectivity index (χ3v) is 4.55.